The van der Waals surface area contributed by atoms with E-state index in [2.05, 4.69) is 15.6 Å². The van der Waals surface area contributed by atoms with Crippen molar-refractivity contribution in [1.29, 1.82) is 0 Å². The van der Waals surface area contributed by atoms with E-state index in [0.29, 0.717) is 36.7 Å². The Morgan fingerprint density at radius 3 is 2.62 bits per heavy atom. The summed E-state index contributed by atoms with van der Waals surface area (Å²) in [5, 5.41) is 20.3. The summed E-state index contributed by atoms with van der Waals surface area (Å²) < 4.78 is 0. The number of rotatable bonds is 10. The first-order chi connectivity index (χ1) is 18.0. The number of carbonyl (C=O) groups excluding carboxylic acids is 2. The van der Waals surface area contributed by atoms with Crippen LogP contribution in [0, 0.1) is 6.92 Å². The number of likely N-dealkylation sites (tertiary alicyclic amines) is 1. The standard InChI is InChI=1S/C29H34N4O3S/c1-19-18-37-28(31-19)25-11-6-14-33(25)29(36)22-10-5-9-21(16-22)27(35)32-24(15-20-7-3-2-4-8-20)26(34)17-30-23-12-13-23/h2-5,7-10,16,18,23-26,30,34H,6,11-15,17H2,1H3,(H,32,35). The molecule has 3 unspecified atom stereocenters. The monoisotopic (exact) mass is 518 g/mol. The van der Waals surface area contributed by atoms with Gasteiger partial charge in [-0.15, -0.1) is 11.3 Å². The van der Waals surface area contributed by atoms with Crippen LogP contribution < -0.4 is 10.6 Å². The van der Waals surface area contributed by atoms with Crippen molar-refractivity contribution in [3.8, 4) is 0 Å². The normalized spacial score (nSPS) is 19.0. The fraction of sp³-hybridized carbons (Fsp3) is 0.414. The SMILES string of the molecule is Cc1csc(C2CCCN2C(=O)c2cccc(C(=O)NC(Cc3ccccc3)C(O)CNC3CC3)c2)n1. The molecule has 3 atom stereocenters. The van der Waals surface area contributed by atoms with Crippen LogP contribution in [0.2, 0.25) is 0 Å². The van der Waals surface area contributed by atoms with Gasteiger partial charge >= 0.3 is 0 Å². The Morgan fingerprint density at radius 1 is 1.11 bits per heavy atom. The van der Waals surface area contributed by atoms with Gasteiger partial charge in [0, 0.05) is 41.3 Å². The van der Waals surface area contributed by atoms with Crippen molar-refractivity contribution in [3.05, 3.63) is 87.4 Å². The highest BCUT2D eigenvalue weighted by Crippen LogP contribution is 2.34. The second kappa shape index (κ2) is 11.5. The smallest absolute Gasteiger partial charge is 0.254 e. The van der Waals surface area contributed by atoms with E-state index in [9.17, 15) is 14.7 Å². The molecular formula is C29H34N4O3S. The second-order valence-electron chi connectivity index (χ2n) is 10.1. The number of nitrogens with zero attached hydrogens (tertiary/aromatic N) is 2. The average molecular weight is 519 g/mol. The second-order valence-corrected chi connectivity index (χ2v) is 11.0. The maximum absolute atomic E-state index is 13.5. The van der Waals surface area contributed by atoms with E-state index >= 15 is 0 Å². The first kappa shape index (κ1) is 25.6. The maximum atomic E-state index is 13.5. The molecule has 1 saturated heterocycles. The summed E-state index contributed by atoms with van der Waals surface area (Å²) in [6.45, 7) is 3.07. The molecule has 7 nitrogen and oxygen atoms in total. The Balaban J connectivity index is 1.29. The van der Waals surface area contributed by atoms with Crippen LogP contribution >= 0.6 is 11.3 Å². The molecule has 37 heavy (non-hydrogen) atoms. The Bertz CT molecular complexity index is 1230. The summed E-state index contributed by atoms with van der Waals surface area (Å²) in [6.07, 6.45) is 3.87. The van der Waals surface area contributed by atoms with E-state index in [1.54, 1.807) is 35.6 Å². The number of amides is 2. The molecule has 8 heteroatoms. The summed E-state index contributed by atoms with van der Waals surface area (Å²) in [7, 11) is 0. The highest BCUT2D eigenvalue weighted by atomic mass is 32.1. The van der Waals surface area contributed by atoms with Gasteiger partial charge in [-0.05, 0) is 62.8 Å². The molecule has 3 aromatic rings. The predicted octanol–water partition coefficient (Wildman–Crippen LogP) is 3.88. The fourth-order valence-corrected chi connectivity index (χ4v) is 5.81. The zero-order chi connectivity index (χ0) is 25.8. The van der Waals surface area contributed by atoms with Crippen LogP contribution in [0.3, 0.4) is 0 Å². The lowest BCUT2D eigenvalue weighted by Gasteiger charge is -2.25. The number of nitrogens with one attached hydrogen (secondary N) is 2. The molecule has 1 aromatic heterocycles. The van der Waals surface area contributed by atoms with Crippen LogP contribution in [0.5, 0.6) is 0 Å². The lowest BCUT2D eigenvalue weighted by atomic mass is 10.00. The number of aliphatic hydroxyl groups is 1. The largest absolute Gasteiger partial charge is 0.390 e. The molecule has 1 saturated carbocycles. The summed E-state index contributed by atoms with van der Waals surface area (Å²) in [4.78, 5) is 33.3. The van der Waals surface area contributed by atoms with Crippen molar-refractivity contribution in [2.24, 2.45) is 0 Å². The van der Waals surface area contributed by atoms with Gasteiger partial charge in [-0.1, -0.05) is 36.4 Å². The zero-order valence-corrected chi connectivity index (χ0v) is 21.9. The minimum atomic E-state index is -0.735. The van der Waals surface area contributed by atoms with E-state index in [1.807, 2.05) is 47.5 Å². The third kappa shape index (κ3) is 6.44. The highest BCUT2D eigenvalue weighted by molar-refractivity contribution is 7.09. The van der Waals surface area contributed by atoms with E-state index < -0.39 is 12.1 Å². The number of aryl methyl sites for hydroxylation is 1. The number of carbonyl (C=O) groups is 2. The van der Waals surface area contributed by atoms with Crippen LogP contribution in [-0.4, -0.2) is 58.1 Å². The highest BCUT2D eigenvalue weighted by Gasteiger charge is 2.33. The molecule has 2 aromatic carbocycles. The van der Waals surface area contributed by atoms with Gasteiger partial charge in [0.15, 0.2) is 0 Å². The van der Waals surface area contributed by atoms with Gasteiger partial charge in [-0.25, -0.2) is 4.98 Å². The van der Waals surface area contributed by atoms with Crippen molar-refractivity contribution in [2.75, 3.05) is 13.1 Å². The predicted molar refractivity (Wildman–Crippen MR) is 145 cm³/mol. The number of aromatic nitrogens is 1. The van der Waals surface area contributed by atoms with Crippen LogP contribution in [0.15, 0.2) is 60.0 Å². The molecular weight excluding hydrogens is 484 g/mol. The molecule has 5 rings (SSSR count). The number of aliphatic hydroxyl groups excluding tert-OH is 1. The Hall–Kier alpha value is -3.07. The van der Waals surface area contributed by atoms with Crippen LogP contribution in [0.1, 0.15) is 68.7 Å². The summed E-state index contributed by atoms with van der Waals surface area (Å²) in [5.74, 6) is -0.380. The Kier molecular flexibility index (Phi) is 7.98. The molecule has 2 fully saturated rings. The molecule has 2 heterocycles. The first-order valence-corrected chi connectivity index (χ1v) is 13.9. The van der Waals surface area contributed by atoms with Gasteiger partial charge in [-0.3, -0.25) is 9.59 Å². The van der Waals surface area contributed by atoms with E-state index in [4.69, 9.17) is 0 Å². The third-order valence-electron chi connectivity index (χ3n) is 7.08. The Labute approximate surface area is 221 Å². The molecule has 1 aliphatic heterocycles. The fourth-order valence-electron chi connectivity index (χ4n) is 4.87. The minimum Gasteiger partial charge on any atom is -0.390 e. The zero-order valence-electron chi connectivity index (χ0n) is 21.1. The number of thiazole rings is 1. The van der Waals surface area contributed by atoms with Gasteiger partial charge in [0.25, 0.3) is 11.8 Å². The van der Waals surface area contributed by atoms with Crippen molar-refractivity contribution < 1.29 is 14.7 Å². The molecule has 194 valence electrons. The van der Waals surface area contributed by atoms with Crippen LogP contribution in [0.4, 0.5) is 0 Å². The molecule has 0 spiro atoms. The Morgan fingerprint density at radius 2 is 1.89 bits per heavy atom. The number of hydrogen-bond donors (Lipinski definition) is 3. The number of hydrogen-bond acceptors (Lipinski definition) is 6. The summed E-state index contributed by atoms with van der Waals surface area (Å²) in [6, 6.07) is 16.7. The first-order valence-electron chi connectivity index (χ1n) is 13.1. The van der Waals surface area contributed by atoms with Gasteiger partial charge in [0.1, 0.15) is 5.01 Å². The van der Waals surface area contributed by atoms with Crippen LogP contribution in [0.25, 0.3) is 0 Å². The van der Waals surface area contributed by atoms with E-state index in [-0.39, 0.29) is 17.9 Å². The summed E-state index contributed by atoms with van der Waals surface area (Å²) in [5.41, 5.74) is 2.91. The maximum Gasteiger partial charge on any atom is 0.254 e. The minimum absolute atomic E-state index is 0.0203. The molecule has 0 bridgehead atoms. The van der Waals surface area contributed by atoms with Gasteiger partial charge in [0.05, 0.1) is 18.2 Å². The van der Waals surface area contributed by atoms with Crippen molar-refractivity contribution in [1.82, 2.24) is 20.5 Å². The summed E-state index contributed by atoms with van der Waals surface area (Å²) >= 11 is 1.59. The molecule has 0 radical (unpaired) electrons. The van der Waals surface area contributed by atoms with Gasteiger partial charge < -0.3 is 20.6 Å². The number of benzene rings is 2. The average Bonchev–Trinajstić information content (AvgIpc) is 3.44. The molecule has 1 aliphatic carbocycles. The van der Waals surface area contributed by atoms with Crippen molar-refractivity contribution in [2.45, 2.75) is 63.3 Å². The molecule has 2 aliphatic rings. The van der Waals surface area contributed by atoms with E-state index in [0.717, 1.165) is 41.9 Å². The molecule has 2 amide bonds. The molecule has 3 N–H and O–H groups in total. The van der Waals surface area contributed by atoms with E-state index in [1.165, 1.54) is 0 Å². The van der Waals surface area contributed by atoms with Crippen molar-refractivity contribution in [3.63, 3.8) is 0 Å². The third-order valence-corrected chi connectivity index (χ3v) is 8.14. The quantitative estimate of drug-likeness (QED) is 0.379. The topological polar surface area (TPSA) is 94.6 Å². The lowest BCUT2D eigenvalue weighted by Crippen LogP contribution is -2.49. The lowest BCUT2D eigenvalue weighted by molar-refractivity contribution is 0.0735. The van der Waals surface area contributed by atoms with Crippen LogP contribution in [-0.2, 0) is 6.42 Å². The van der Waals surface area contributed by atoms with Gasteiger partial charge in [-0.2, -0.15) is 0 Å². The van der Waals surface area contributed by atoms with Gasteiger partial charge in [0.2, 0.25) is 0 Å². The van der Waals surface area contributed by atoms with Crippen molar-refractivity contribution >= 4 is 23.2 Å².